The third kappa shape index (κ3) is 12.0. The molecule has 0 amide bonds. The van der Waals surface area contributed by atoms with Crippen LogP contribution in [0.15, 0.2) is 0 Å². The highest BCUT2D eigenvalue weighted by atomic mass is 14.0. The molecule has 0 N–H and O–H groups in total. The Labute approximate surface area is 85.1 Å². The molecule has 1 atom stereocenters. The normalized spacial score (nSPS) is 11.5. The van der Waals surface area contributed by atoms with Crippen molar-refractivity contribution in [2.75, 3.05) is 0 Å². The van der Waals surface area contributed by atoms with E-state index in [1.54, 1.807) is 0 Å². The molecule has 0 aromatic carbocycles. The standard InChI is InChI=1S/C13H27/c1-12(2)10-8-6-5-7-9-11-13(3)4/h12-13H,1,5-11H2,2-4H3. The molecule has 0 bridgehead atoms. The van der Waals surface area contributed by atoms with E-state index in [1.165, 1.54) is 44.9 Å². The molecule has 0 aliphatic heterocycles. The van der Waals surface area contributed by atoms with E-state index in [1.807, 2.05) is 0 Å². The summed E-state index contributed by atoms with van der Waals surface area (Å²) in [6, 6.07) is 0. The first-order chi connectivity index (χ1) is 6.13. The van der Waals surface area contributed by atoms with Gasteiger partial charge in [-0.25, -0.2) is 0 Å². The first kappa shape index (κ1) is 13.0. The predicted molar refractivity (Wildman–Crippen MR) is 61.7 cm³/mol. The van der Waals surface area contributed by atoms with Gasteiger partial charge in [-0.05, 0) is 11.8 Å². The number of hydrogen-bond donors (Lipinski definition) is 0. The highest BCUT2D eigenvalue weighted by Crippen LogP contribution is 2.13. The summed E-state index contributed by atoms with van der Waals surface area (Å²) in [5, 5.41) is 0. The van der Waals surface area contributed by atoms with Crippen LogP contribution in [0, 0.1) is 18.8 Å². The molecule has 0 aromatic rings. The number of hydrogen-bond acceptors (Lipinski definition) is 0. The molecule has 0 heterocycles. The minimum absolute atomic E-state index is 0.649. The molecule has 0 fully saturated rings. The van der Waals surface area contributed by atoms with E-state index in [4.69, 9.17) is 0 Å². The van der Waals surface area contributed by atoms with Crippen molar-refractivity contribution in [1.82, 2.24) is 0 Å². The van der Waals surface area contributed by atoms with Gasteiger partial charge < -0.3 is 0 Å². The molecule has 0 rings (SSSR count). The molecule has 0 aromatic heterocycles. The number of unbranched alkanes of at least 4 members (excludes halogenated alkanes) is 4. The molecule has 0 nitrogen and oxygen atoms in total. The maximum Gasteiger partial charge on any atom is -0.0443 e. The molecule has 79 valence electrons. The van der Waals surface area contributed by atoms with E-state index in [0.29, 0.717) is 5.92 Å². The zero-order valence-electron chi connectivity index (χ0n) is 9.81. The van der Waals surface area contributed by atoms with Gasteiger partial charge >= 0.3 is 0 Å². The summed E-state index contributed by atoms with van der Waals surface area (Å²) in [7, 11) is 0. The zero-order valence-corrected chi connectivity index (χ0v) is 9.81. The van der Waals surface area contributed by atoms with Crippen molar-refractivity contribution in [2.45, 2.75) is 65.7 Å². The summed E-state index contributed by atoms with van der Waals surface area (Å²) in [6.45, 7) is 10.8. The smallest absolute Gasteiger partial charge is 0.0443 e. The first-order valence-corrected chi connectivity index (χ1v) is 5.96. The Morgan fingerprint density at radius 2 is 1.23 bits per heavy atom. The quantitative estimate of drug-likeness (QED) is 0.472. The molecule has 0 saturated heterocycles. The second-order valence-corrected chi connectivity index (χ2v) is 4.84. The van der Waals surface area contributed by atoms with Gasteiger partial charge in [0.05, 0.1) is 0 Å². The summed E-state index contributed by atoms with van der Waals surface area (Å²) in [6.07, 6.45) is 9.81. The fourth-order valence-corrected chi connectivity index (χ4v) is 1.58. The molecule has 1 radical (unpaired) electrons. The van der Waals surface area contributed by atoms with Gasteiger partial charge in [0.2, 0.25) is 0 Å². The molecule has 0 aliphatic rings. The molecule has 0 heteroatoms. The molecule has 0 spiro atoms. The van der Waals surface area contributed by atoms with E-state index in [0.717, 1.165) is 5.92 Å². The summed E-state index contributed by atoms with van der Waals surface area (Å²) in [5.74, 6) is 1.54. The molecule has 13 heavy (non-hydrogen) atoms. The Bertz CT molecular complexity index is 80.2. The highest BCUT2D eigenvalue weighted by molar-refractivity contribution is 4.54. The van der Waals surface area contributed by atoms with E-state index >= 15 is 0 Å². The Morgan fingerprint density at radius 1 is 0.769 bits per heavy atom. The first-order valence-electron chi connectivity index (χ1n) is 5.96. The van der Waals surface area contributed by atoms with Crippen LogP contribution < -0.4 is 0 Å². The maximum atomic E-state index is 4.00. The van der Waals surface area contributed by atoms with Gasteiger partial charge in [-0.15, -0.1) is 0 Å². The molecular weight excluding hydrogens is 156 g/mol. The summed E-state index contributed by atoms with van der Waals surface area (Å²) in [4.78, 5) is 0. The Hall–Kier alpha value is 0. The van der Waals surface area contributed by atoms with Crippen molar-refractivity contribution >= 4 is 0 Å². The SMILES string of the molecule is [CH2]C(C)CCCCCCCC(C)C. The van der Waals surface area contributed by atoms with Crippen molar-refractivity contribution in [3.8, 4) is 0 Å². The lowest BCUT2D eigenvalue weighted by Gasteiger charge is -2.05. The van der Waals surface area contributed by atoms with Crippen molar-refractivity contribution in [2.24, 2.45) is 11.8 Å². The minimum atomic E-state index is 0.649. The van der Waals surface area contributed by atoms with Crippen LogP contribution in [0.3, 0.4) is 0 Å². The fourth-order valence-electron chi connectivity index (χ4n) is 1.58. The lowest BCUT2D eigenvalue weighted by atomic mass is 10.0. The van der Waals surface area contributed by atoms with Gasteiger partial charge in [-0.2, -0.15) is 0 Å². The third-order valence-corrected chi connectivity index (χ3v) is 2.48. The van der Waals surface area contributed by atoms with E-state index in [-0.39, 0.29) is 0 Å². The average molecular weight is 183 g/mol. The molecule has 0 saturated carbocycles. The molecule has 0 aliphatic carbocycles. The van der Waals surface area contributed by atoms with E-state index in [2.05, 4.69) is 27.7 Å². The van der Waals surface area contributed by atoms with Crippen LogP contribution in [0.1, 0.15) is 65.7 Å². The van der Waals surface area contributed by atoms with E-state index < -0.39 is 0 Å². The second kappa shape index (κ2) is 8.59. The van der Waals surface area contributed by atoms with Crippen LogP contribution in [-0.2, 0) is 0 Å². The van der Waals surface area contributed by atoms with Crippen molar-refractivity contribution in [3.05, 3.63) is 6.92 Å². The van der Waals surface area contributed by atoms with Crippen LogP contribution >= 0.6 is 0 Å². The topological polar surface area (TPSA) is 0 Å². The van der Waals surface area contributed by atoms with Crippen molar-refractivity contribution in [3.63, 3.8) is 0 Å². The lowest BCUT2D eigenvalue weighted by Crippen LogP contribution is -1.89. The van der Waals surface area contributed by atoms with Crippen LogP contribution in [0.5, 0.6) is 0 Å². The Morgan fingerprint density at radius 3 is 1.69 bits per heavy atom. The van der Waals surface area contributed by atoms with E-state index in [9.17, 15) is 0 Å². The zero-order chi connectivity index (χ0) is 10.1. The van der Waals surface area contributed by atoms with Crippen LogP contribution in [0.2, 0.25) is 0 Å². The van der Waals surface area contributed by atoms with Crippen LogP contribution in [-0.4, -0.2) is 0 Å². The Balaban J connectivity index is 2.92. The molecular formula is C13H27. The van der Waals surface area contributed by atoms with Gasteiger partial charge in [0.1, 0.15) is 0 Å². The third-order valence-electron chi connectivity index (χ3n) is 2.48. The van der Waals surface area contributed by atoms with Crippen molar-refractivity contribution < 1.29 is 0 Å². The maximum absolute atomic E-state index is 4.00. The largest absolute Gasteiger partial charge is 0.0628 e. The summed E-state index contributed by atoms with van der Waals surface area (Å²) >= 11 is 0. The fraction of sp³-hybridized carbons (Fsp3) is 0.923. The van der Waals surface area contributed by atoms with Crippen LogP contribution in [0.4, 0.5) is 0 Å². The lowest BCUT2D eigenvalue weighted by molar-refractivity contribution is 0.500. The Kier molecular flexibility index (Phi) is 8.59. The van der Waals surface area contributed by atoms with Gasteiger partial charge in [0.25, 0.3) is 0 Å². The average Bonchev–Trinajstić information content (AvgIpc) is 2.01. The van der Waals surface area contributed by atoms with Crippen molar-refractivity contribution in [1.29, 1.82) is 0 Å². The second-order valence-electron chi connectivity index (χ2n) is 4.84. The van der Waals surface area contributed by atoms with Crippen LogP contribution in [0.25, 0.3) is 0 Å². The highest BCUT2D eigenvalue weighted by Gasteiger charge is 1.96. The summed E-state index contributed by atoms with van der Waals surface area (Å²) < 4.78 is 0. The number of rotatable bonds is 8. The predicted octanol–water partition coefficient (Wildman–Crippen LogP) is 4.84. The summed E-state index contributed by atoms with van der Waals surface area (Å²) in [5.41, 5.74) is 0. The van der Waals surface area contributed by atoms with Gasteiger partial charge in [-0.3, -0.25) is 0 Å². The van der Waals surface area contributed by atoms with Gasteiger partial charge in [-0.1, -0.05) is 72.6 Å². The molecule has 1 unspecified atom stereocenters. The monoisotopic (exact) mass is 183 g/mol. The van der Waals surface area contributed by atoms with Gasteiger partial charge in [0, 0.05) is 0 Å². The van der Waals surface area contributed by atoms with Gasteiger partial charge in [0.15, 0.2) is 0 Å². The minimum Gasteiger partial charge on any atom is -0.0628 e.